The first-order valence-corrected chi connectivity index (χ1v) is 8.41. The van der Waals surface area contributed by atoms with E-state index in [2.05, 4.69) is 6.92 Å². The van der Waals surface area contributed by atoms with Crippen LogP contribution < -0.4 is 0 Å². The highest BCUT2D eigenvalue weighted by Crippen LogP contribution is 2.23. The second kappa shape index (κ2) is 7.50. The monoisotopic (exact) mass is 307 g/mol. The van der Waals surface area contributed by atoms with Crippen LogP contribution in [0.1, 0.15) is 46.9 Å². The van der Waals surface area contributed by atoms with Crippen molar-refractivity contribution in [2.75, 3.05) is 18.8 Å². The third-order valence-electron chi connectivity index (χ3n) is 3.67. The molecule has 1 N–H and O–H groups in total. The largest absolute Gasteiger partial charge is 0.478 e. The number of carboxylic acid groups (broad SMARTS) is 1. The molecule has 1 aromatic rings. The molecule has 0 radical (unpaired) electrons. The van der Waals surface area contributed by atoms with Gasteiger partial charge in [0.15, 0.2) is 0 Å². The maximum Gasteiger partial charge on any atom is 0.335 e. The summed E-state index contributed by atoms with van der Waals surface area (Å²) in [6, 6.07) is 6.31. The summed E-state index contributed by atoms with van der Waals surface area (Å²) >= 11 is 1.90. The Morgan fingerprint density at radius 2 is 2.10 bits per heavy atom. The molecule has 0 spiro atoms. The van der Waals surface area contributed by atoms with Gasteiger partial charge in [-0.25, -0.2) is 4.79 Å². The van der Waals surface area contributed by atoms with Gasteiger partial charge in [0.05, 0.1) is 5.56 Å². The maximum absolute atomic E-state index is 12.6. The zero-order valence-electron chi connectivity index (χ0n) is 12.2. The van der Waals surface area contributed by atoms with Crippen LogP contribution in [-0.4, -0.2) is 46.0 Å². The van der Waals surface area contributed by atoms with E-state index in [1.54, 1.807) is 12.1 Å². The van der Waals surface area contributed by atoms with Crippen LogP contribution >= 0.6 is 11.8 Å². The van der Waals surface area contributed by atoms with Crippen LogP contribution in [0.15, 0.2) is 24.3 Å². The molecule has 1 aliphatic rings. The van der Waals surface area contributed by atoms with Crippen molar-refractivity contribution in [2.24, 2.45) is 0 Å². The van der Waals surface area contributed by atoms with Gasteiger partial charge in [0.2, 0.25) is 0 Å². The summed E-state index contributed by atoms with van der Waals surface area (Å²) in [4.78, 5) is 25.5. The van der Waals surface area contributed by atoms with Crippen molar-refractivity contribution in [3.63, 3.8) is 0 Å². The Morgan fingerprint density at radius 1 is 1.33 bits per heavy atom. The van der Waals surface area contributed by atoms with E-state index in [0.717, 1.165) is 38.1 Å². The summed E-state index contributed by atoms with van der Waals surface area (Å²) in [7, 11) is 0. The quantitative estimate of drug-likeness (QED) is 0.928. The predicted octanol–water partition coefficient (Wildman–Crippen LogP) is 3.13. The Hall–Kier alpha value is -1.49. The molecular formula is C16H21NO3S. The van der Waals surface area contributed by atoms with Gasteiger partial charge in [0.25, 0.3) is 5.91 Å². The third kappa shape index (κ3) is 4.24. The Morgan fingerprint density at radius 3 is 2.81 bits per heavy atom. The van der Waals surface area contributed by atoms with Gasteiger partial charge in [-0.05, 0) is 36.8 Å². The fourth-order valence-corrected chi connectivity index (χ4v) is 3.72. The molecule has 4 nitrogen and oxygen atoms in total. The van der Waals surface area contributed by atoms with Crippen molar-refractivity contribution < 1.29 is 14.7 Å². The standard InChI is InChI=1S/C16H21NO3S/c1-2-21-14-8-3-4-9-17(11-14)15(18)12-6-5-7-13(10-12)16(19)20/h5-7,10,14H,2-4,8-9,11H2,1H3,(H,19,20). The summed E-state index contributed by atoms with van der Waals surface area (Å²) in [6.07, 6.45) is 3.32. The van der Waals surface area contributed by atoms with Crippen molar-refractivity contribution in [1.82, 2.24) is 4.90 Å². The zero-order valence-corrected chi connectivity index (χ0v) is 13.1. The van der Waals surface area contributed by atoms with Crippen LogP contribution in [-0.2, 0) is 0 Å². The normalized spacial score (nSPS) is 19.1. The molecule has 1 unspecified atom stereocenters. The van der Waals surface area contributed by atoms with Gasteiger partial charge in [-0.3, -0.25) is 4.79 Å². The summed E-state index contributed by atoms with van der Waals surface area (Å²) in [5.74, 6) is 0.00270. The maximum atomic E-state index is 12.6. The van der Waals surface area contributed by atoms with Gasteiger partial charge in [-0.2, -0.15) is 11.8 Å². The van der Waals surface area contributed by atoms with Gasteiger partial charge < -0.3 is 10.0 Å². The van der Waals surface area contributed by atoms with Crippen LogP contribution in [0.4, 0.5) is 0 Å². The molecule has 21 heavy (non-hydrogen) atoms. The lowest BCUT2D eigenvalue weighted by molar-refractivity contribution is 0.0697. The summed E-state index contributed by atoms with van der Waals surface area (Å²) in [5, 5.41) is 9.52. The van der Waals surface area contributed by atoms with Crippen LogP contribution in [0, 0.1) is 0 Å². The first-order chi connectivity index (χ1) is 10.1. The molecule has 1 fully saturated rings. The molecule has 114 valence electrons. The highest BCUT2D eigenvalue weighted by Gasteiger charge is 2.23. The second-order valence-corrected chi connectivity index (χ2v) is 6.79. The lowest BCUT2D eigenvalue weighted by atomic mass is 10.1. The fourth-order valence-electron chi connectivity index (χ4n) is 2.63. The molecule has 0 aliphatic carbocycles. The van der Waals surface area contributed by atoms with Crippen molar-refractivity contribution >= 4 is 23.6 Å². The molecular weight excluding hydrogens is 286 g/mol. The first-order valence-electron chi connectivity index (χ1n) is 7.36. The highest BCUT2D eigenvalue weighted by molar-refractivity contribution is 7.99. The second-order valence-electron chi connectivity index (χ2n) is 5.21. The number of hydrogen-bond donors (Lipinski definition) is 1. The van der Waals surface area contributed by atoms with Crippen molar-refractivity contribution in [2.45, 2.75) is 31.4 Å². The topological polar surface area (TPSA) is 57.6 Å². The Balaban J connectivity index is 2.14. The van der Waals surface area contributed by atoms with E-state index in [1.807, 2.05) is 16.7 Å². The zero-order chi connectivity index (χ0) is 15.2. The number of likely N-dealkylation sites (tertiary alicyclic amines) is 1. The van der Waals surface area contributed by atoms with Gasteiger partial charge >= 0.3 is 5.97 Å². The fraction of sp³-hybridized carbons (Fsp3) is 0.500. The van der Waals surface area contributed by atoms with Gasteiger partial charge in [0, 0.05) is 23.9 Å². The minimum Gasteiger partial charge on any atom is -0.478 e. The van der Waals surface area contributed by atoms with Crippen LogP contribution in [0.5, 0.6) is 0 Å². The van der Waals surface area contributed by atoms with E-state index in [0.29, 0.717) is 10.8 Å². The highest BCUT2D eigenvalue weighted by atomic mass is 32.2. The number of rotatable bonds is 4. The number of aromatic carboxylic acids is 1. The SMILES string of the molecule is CCSC1CCCCN(C(=O)c2cccc(C(=O)O)c2)C1. The van der Waals surface area contributed by atoms with Crippen LogP contribution in [0.2, 0.25) is 0 Å². The summed E-state index contributed by atoms with van der Waals surface area (Å²) < 4.78 is 0. The minimum atomic E-state index is -1.00. The molecule has 1 heterocycles. The number of carbonyl (C=O) groups is 2. The average molecular weight is 307 g/mol. The number of amides is 1. The lowest BCUT2D eigenvalue weighted by Crippen LogP contribution is -2.35. The molecule has 0 saturated carbocycles. The van der Waals surface area contributed by atoms with Crippen LogP contribution in [0.3, 0.4) is 0 Å². The van der Waals surface area contributed by atoms with E-state index < -0.39 is 5.97 Å². The number of hydrogen-bond acceptors (Lipinski definition) is 3. The molecule has 1 saturated heterocycles. The van der Waals surface area contributed by atoms with Crippen molar-refractivity contribution in [1.29, 1.82) is 0 Å². The lowest BCUT2D eigenvalue weighted by Gasteiger charge is -2.24. The summed E-state index contributed by atoms with van der Waals surface area (Å²) in [6.45, 7) is 3.66. The predicted molar refractivity (Wildman–Crippen MR) is 85.1 cm³/mol. The Bertz CT molecular complexity index is 518. The van der Waals surface area contributed by atoms with E-state index in [-0.39, 0.29) is 11.5 Å². The Labute approximate surface area is 129 Å². The van der Waals surface area contributed by atoms with Crippen LogP contribution in [0.25, 0.3) is 0 Å². The molecule has 1 aromatic carbocycles. The van der Waals surface area contributed by atoms with E-state index >= 15 is 0 Å². The smallest absolute Gasteiger partial charge is 0.335 e. The van der Waals surface area contributed by atoms with E-state index in [9.17, 15) is 9.59 Å². The molecule has 1 amide bonds. The van der Waals surface area contributed by atoms with Gasteiger partial charge in [0.1, 0.15) is 0 Å². The van der Waals surface area contributed by atoms with Crippen molar-refractivity contribution in [3.8, 4) is 0 Å². The Kier molecular flexibility index (Phi) is 5.67. The minimum absolute atomic E-state index is 0.0540. The van der Waals surface area contributed by atoms with E-state index in [4.69, 9.17) is 5.11 Å². The average Bonchev–Trinajstić information content (AvgIpc) is 2.72. The number of benzene rings is 1. The van der Waals surface area contributed by atoms with Gasteiger partial charge in [-0.15, -0.1) is 0 Å². The molecule has 1 aliphatic heterocycles. The van der Waals surface area contributed by atoms with Gasteiger partial charge in [-0.1, -0.05) is 19.4 Å². The van der Waals surface area contributed by atoms with Crippen molar-refractivity contribution in [3.05, 3.63) is 35.4 Å². The summed E-state index contributed by atoms with van der Waals surface area (Å²) in [5.41, 5.74) is 0.632. The number of thioether (sulfide) groups is 1. The number of nitrogens with zero attached hydrogens (tertiary/aromatic N) is 1. The number of carbonyl (C=O) groups excluding carboxylic acids is 1. The molecule has 0 aromatic heterocycles. The third-order valence-corrected chi connectivity index (χ3v) is 4.86. The number of carboxylic acids is 1. The van der Waals surface area contributed by atoms with E-state index in [1.165, 1.54) is 12.1 Å². The molecule has 0 bridgehead atoms. The molecule has 1 atom stereocenters. The molecule has 2 rings (SSSR count). The molecule has 5 heteroatoms. The first kappa shape index (κ1) is 15.9.